The molecule has 0 radical (unpaired) electrons. The van der Waals surface area contributed by atoms with Gasteiger partial charge in [-0.25, -0.2) is 0 Å². The van der Waals surface area contributed by atoms with Crippen molar-refractivity contribution < 1.29 is 9.53 Å². The fourth-order valence-electron chi connectivity index (χ4n) is 1.64. The first-order chi connectivity index (χ1) is 7.61. The Bertz CT molecular complexity index is 485. The van der Waals surface area contributed by atoms with Crippen LogP contribution in [0.2, 0.25) is 0 Å². The average molecular weight is 219 g/mol. The van der Waals surface area contributed by atoms with E-state index in [9.17, 15) is 4.79 Å². The summed E-state index contributed by atoms with van der Waals surface area (Å²) in [6.45, 7) is 7.28. The van der Waals surface area contributed by atoms with Crippen LogP contribution in [-0.4, -0.2) is 24.2 Å². The number of nitrogens with zero attached hydrogens (tertiary/aromatic N) is 1. The molecule has 0 bridgehead atoms. The molecule has 16 heavy (non-hydrogen) atoms. The zero-order valence-corrected chi connectivity index (χ0v) is 9.26. The van der Waals surface area contributed by atoms with Crippen molar-refractivity contribution >= 4 is 24.0 Å². The third-order valence-corrected chi connectivity index (χ3v) is 2.39. The first-order valence-corrected chi connectivity index (χ1v) is 4.92. The molecule has 0 atom stereocenters. The van der Waals surface area contributed by atoms with Gasteiger partial charge in [0.05, 0.1) is 11.4 Å². The highest BCUT2D eigenvalue weighted by Gasteiger charge is 2.21. The molecular weight excluding hydrogens is 206 g/mol. The minimum absolute atomic E-state index is 0.0614. The van der Waals surface area contributed by atoms with E-state index in [1.165, 1.54) is 0 Å². The molecule has 1 aromatic heterocycles. The van der Waals surface area contributed by atoms with Gasteiger partial charge in [0.1, 0.15) is 11.5 Å². The lowest BCUT2D eigenvalue weighted by molar-refractivity contribution is -0.124. The molecule has 84 valence electrons. The lowest BCUT2D eigenvalue weighted by Gasteiger charge is -2.19. The van der Waals surface area contributed by atoms with Gasteiger partial charge in [0.2, 0.25) is 0 Å². The second-order valence-corrected chi connectivity index (χ2v) is 3.64. The first kappa shape index (κ1) is 10.5. The summed E-state index contributed by atoms with van der Waals surface area (Å²) in [5, 5.41) is 2.77. The van der Waals surface area contributed by atoms with E-state index in [4.69, 9.17) is 4.74 Å². The zero-order valence-electron chi connectivity index (χ0n) is 9.26. The molecule has 0 aliphatic carbocycles. The van der Waals surface area contributed by atoms with Crippen molar-refractivity contribution in [2.24, 2.45) is 4.99 Å². The molecular formula is C11H13N3O2. The van der Waals surface area contributed by atoms with Gasteiger partial charge in [-0.3, -0.25) is 9.79 Å². The second kappa shape index (κ2) is 3.84. The Morgan fingerprint density at radius 3 is 2.94 bits per heavy atom. The number of amides is 1. The van der Waals surface area contributed by atoms with E-state index in [1.807, 2.05) is 13.0 Å². The minimum atomic E-state index is -0.164. The van der Waals surface area contributed by atoms with E-state index in [2.05, 4.69) is 22.0 Å². The Morgan fingerprint density at radius 1 is 1.50 bits per heavy atom. The number of carbonyl (C=O) groups excluding carboxylic acids is 1. The Balaban J connectivity index is 2.50. The smallest absolute Gasteiger partial charge is 0.262 e. The van der Waals surface area contributed by atoms with Crippen LogP contribution < -0.4 is 5.32 Å². The van der Waals surface area contributed by atoms with Gasteiger partial charge in [-0.05, 0) is 26.6 Å². The minimum Gasteiger partial charge on any atom is -0.486 e. The molecule has 5 nitrogen and oxygen atoms in total. The quantitative estimate of drug-likeness (QED) is 0.740. The molecule has 0 saturated heterocycles. The molecule has 2 rings (SSSR count). The number of carbonyl (C=O) groups is 1. The SMILES string of the molecule is C=Nc1cc(C)[nH]c1C1=C(C)OCC(=O)N1. The third kappa shape index (κ3) is 1.71. The van der Waals surface area contributed by atoms with E-state index in [0.29, 0.717) is 17.1 Å². The van der Waals surface area contributed by atoms with E-state index < -0.39 is 0 Å². The zero-order chi connectivity index (χ0) is 11.7. The van der Waals surface area contributed by atoms with Gasteiger partial charge < -0.3 is 15.0 Å². The summed E-state index contributed by atoms with van der Waals surface area (Å²) in [7, 11) is 0. The summed E-state index contributed by atoms with van der Waals surface area (Å²) in [5.74, 6) is 0.509. The van der Waals surface area contributed by atoms with Crippen LogP contribution in [0, 0.1) is 6.92 Å². The summed E-state index contributed by atoms with van der Waals surface area (Å²) >= 11 is 0. The average Bonchev–Trinajstić information content (AvgIpc) is 2.63. The van der Waals surface area contributed by atoms with E-state index in [0.717, 1.165) is 11.4 Å². The Morgan fingerprint density at radius 2 is 2.25 bits per heavy atom. The van der Waals surface area contributed by atoms with Crippen molar-refractivity contribution in [2.45, 2.75) is 13.8 Å². The van der Waals surface area contributed by atoms with Crippen molar-refractivity contribution in [3.8, 4) is 0 Å². The van der Waals surface area contributed by atoms with Crippen LogP contribution in [0.5, 0.6) is 0 Å². The van der Waals surface area contributed by atoms with Gasteiger partial charge in [-0.1, -0.05) is 0 Å². The van der Waals surface area contributed by atoms with Crippen LogP contribution in [0.3, 0.4) is 0 Å². The number of aryl methyl sites for hydroxylation is 1. The Kier molecular flexibility index (Phi) is 2.52. The van der Waals surface area contributed by atoms with Crippen LogP contribution >= 0.6 is 0 Å². The number of hydrogen-bond acceptors (Lipinski definition) is 3. The fraction of sp³-hybridized carbons (Fsp3) is 0.273. The molecule has 0 spiro atoms. The summed E-state index contributed by atoms with van der Waals surface area (Å²) in [4.78, 5) is 18.3. The number of ether oxygens (including phenoxy) is 1. The molecule has 1 amide bonds. The van der Waals surface area contributed by atoms with Crippen LogP contribution in [0.25, 0.3) is 5.70 Å². The molecule has 5 heteroatoms. The van der Waals surface area contributed by atoms with Gasteiger partial charge >= 0.3 is 0 Å². The molecule has 2 heterocycles. The van der Waals surface area contributed by atoms with Crippen molar-refractivity contribution in [3.05, 3.63) is 23.2 Å². The van der Waals surface area contributed by atoms with Crippen LogP contribution in [0.15, 0.2) is 16.8 Å². The lowest BCUT2D eigenvalue weighted by atomic mass is 10.2. The molecule has 0 aromatic carbocycles. The number of nitrogens with one attached hydrogen (secondary N) is 2. The number of aromatic nitrogens is 1. The highest BCUT2D eigenvalue weighted by Crippen LogP contribution is 2.28. The van der Waals surface area contributed by atoms with Gasteiger partial charge in [0, 0.05) is 5.69 Å². The molecule has 0 unspecified atom stereocenters. The third-order valence-electron chi connectivity index (χ3n) is 2.39. The number of aliphatic imine (C=N–C) groups is 1. The highest BCUT2D eigenvalue weighted by atomic mass is 16.5. The number of aromatic amines is 1. The predicted molar refractivity (Wildman–Crippen MR) is 61.4 cm³/mol. The second-order valence-electron chi connectivity index (χ2n) is 3.64. The fourth-order valence-corrected chi connectivity index (χ4v) is 1.64. The molecule has 1 aliphatic heterocycles. The van der Waals surface area contributed by atoms with Crippen molar-refractivity contribution in [1.29, 1.82) is 0 Å². The maximum absolute atomic E-state index is 11.3. The summed E-state index contributed by atoms with van der Waals surface area (Å²) < 4.78 is 5.25. The largest absolute Gasteiger partial charge is 0.486 e. The predicted octanol–water partition coefficient (Wildman–Crippen LogP) is 1.49. The molecule has 1 aromatic rings. The number of rotatable bonds is 2. The van der Waals surface area contributed by atoms with Gasteiger partial charge in [-0.2, -0.15) is 0 Å². The molecule has 0 fully saturated rings. The number of allylic oxidation sites excluding steroid dienone is 1. The Hall–Kier alpha value is -2.04. The van der Waals surface area contributed by atoms with Crippen LogP contribution in [0.4, 0.5) is 5.69 Å². The van der Waals surface area contributed by atoms with Crippen molar-refractivity contribution in [2.75, 3.05) is 6.61 Å². The van der Waals surface area contributed by atoms with Crippen LogP contribution in [-0.2, 0) is 9.53 Å². The van der Waals surface area contributed by atoms with Gasteiger partial charge in [0.15, 0.2) is 6.61 Å². The number of hydrogen-bond donors (Lipinski definition) is 2. The van der Waals surface area contributed by atoms with Crippen molar-refractivity contribution in [1.82, 2.24) is 10.3 Å². The summed E-state index contributed by atoms with van der Waals surface area (Å²) in [6, 6.07) is 1.86. The van der Waals surface area contributed by atoms with E-state index >= 15 is 0 Å². The van der Waals surface area contributed by atoms with E-state index in [-0.39, 0.29) is 12.5 Å². The van der Waals surface area contributed by atoms with Gasteiger partial charge in [-0.15, -0.1) is 0 Å². The summed E-state index contributed by atoms with van der Waals surface area (Å²) in [6.07, 6.45) is 0. The number of H-pyrrole nitrogens is 1. The maximum Gasteiger partial charge on any atom is 0.262 e. The monoisotopic (exact) mass is 219 g/mol. The molecule has 0 saturated carbocycles. The molecule has 1 aliphatic rings. The molecule has 2 N–H and O–H groups in total. The highest BCUT2D eigenvalue weighted by molar-refractivity contribution is 5.91. The maximum atomic E-state index is 11.3. The first-order valence-electron chi connectivity index (χ1n) is 4.92. The van der Waals surface area contributed by atoms with Gasteiger partial charge in [0.25, 0.3) is 5.91 Å². The topological polar surface area (TPSA) is 66.5 Å². The lowest BCUT2D eigenvalue weighted by Crippen LogP contribution is -2.31. The van der Waals surface area contributed by atoms with E-state index in [1.54, 1.807) is 6.92 Å². The van der Waals surface area contributed by atoms with Crippen molar-refractivity contribution in [3.63, 3.8) is 0 Å². The standard InChI is InChI=1S/C11H13N3O2/c1-6-4-8(12-3)11(13-6)10-7(2)16-5-9(15)14-10/h4,13H,3,5H2,1-2H3,(H,14,15). The summed E-state index contributed by atoms with van der Waals surface area (Å²) in [5.41, 5.74) is 3.03. The van der Waals surface area contributed by atoms with Crippen LogP contribution in [0.1, 0.15) is 18.3 Å². The Labute approximate surface area is 93.2 Å². The normalized spacial score (nSPS) is 15.8.